The van der Waals surface area contributed by atoms with Crippen LogP contribution in [0.1, 0.15) is 12.5 Å². The Bertz CT molecular complexity index is 408. The van der Waals surface area contributed by atoms with Gasteiger partial charge in [-0.25, -0.2) is 4.98 Å². The molecule has 14 heavy (non-hydrogen) atoms. The summed E-state index contributed by atoms with van der Waals surface area (Å²) in [5.74, 6) is 0.668. The fraction of sp³-hybridized carbons (Fsp3) is 0.250. The molecule has 2 rings (SSSR count). The zero-order valence-electron chi connectivity index (χ0n) is 8.45. The minimum Gasteiger partial charge on any atom is -0.481 e. The van der Waals surface area contributed by atoms with Crippen LogP contribution in [0, 0.1) is 0 Å². The van der Waals surface area contributed by atoms with E-state index in [0.717, 1.165) is 6.42 Å². The molecule has 1 aromatic heterocycles. The number of ether oxygens (including phenoxy) is 1. The largest absolute Gasteiger partial charge is 0.481 e. The van der Waals surface area contributed by atoms with Crippen molar-refractivity contribution in [1.29, 1.82) is 0 Å². The Morgan fingerprint density at radius 1 is 1.21 bits per heavy atom. The fourth-order valence-corrected chi connectivity index (χ4v) is 1.50. The van der Waals surface area contributed by atoms with Crippen LogP contribution in [0.25, 0.3) is 10.8 Å². The molecule has 0 atom stereocenters. The lowest BCUT2D eigenvalue weighted by molar-refractivity contribution is 0.399. The maximum absolute atomic E-state index is 5.07. The molecule has 0 fully saturated rings. The molecule has 2 aromatic rings. The average molecular weight is 187 g/mol. The van der Waals surface area contributed by atoms with Crippen LogP contribution in [0.5, 0.6) is 5.88 Å². The predicted molar refractivity (Wildman–Crippen MR) is 57.7 cm³/mol. The molecule has 0 saturated carbocycles. The van der Waals surface area contributed by atoms with Gasteiger partial charge in [-0.05, 0) is 23.4 Å². The van der Waals surface area contributed by atoms with Gasteiger partial charge in [-0.2, -0.15) is 0 Å². The summed E-state index contributed by atoms with van der Waals surface area (Å²) in [6, 6.07) is 8.37. The quantitative estimate of drug-likeness (QED) is 0.721. The SMILES string of the molecule is CCc1ccc2cc(OC)ncc2c1. The zero-order valence-corrected chi connectivity index (χ0v) is 8.45. The molecule has 0 aliphatic heterocycles. The highest BCUT2D eigenvalue weighted by molar-refractivity contribution is 5.83. The molecule has 0 unspecified atom stereocenters. The molecule has 2 heteroatoms. The van der Waals surface area contributed by atoms with E-state index in [-0.39, 0.29) is 0 Å². The topological polar surface area (TPSA) is 22.1 Å². The van der Waals surface area contributed by atoms with E-state index in [2.05, 4.69) is 30.1 Å². The van der Waals surface area contributed by atoms with Gasteiger partial charge in [-0.3, -0.25) is 0 Å². The van der Waals surface area contributed by atoms with Gasteiger partial charge >= 0.3 is 0 Å². The van der Waals surface area contributed by atoms with Crippen molar-refractivity contribution in [2.24, 2.45) is 0 Å². The standard InChI is InChI=1S/C12H13NO/c1-3-9-4-5-10-7-12(14-2)13-8-11(10)6-9/h4-8H,3H2,1-2H3. The Balaban J connectivity index is 2.57. The first kappa shape index (κ1) is 9.00. The van der Waals surface area contributed by atoms with Crippen molar-refractivity contribution in [1.82, 2.24) is 4.98 Å². The summed E-state index contributed by atoms with van der Waals surface area (Å²) < 4.78 is 5.07. The van der Waals surface area contributed by atoms with E-state index < -0.39 is 0 Å². The Hall–Kier alpha value is -1.57. The van der Waals surface area contributed by atoms with Gasteiger partial charge in [-0.1, -0.05) is 19.1 Å². The van der Waals surface area contributed by atoms with Crippen molar-refractivity contribution < 1.29 is 4.74 Å². The van der Waals surface area contributed by atoms with Gasteiger partial charge in [0.25, 0.3) is 0 Å². The lowest BCUT2D eigenvalue weighted by atomic mass is 10.1. The van der Waals surface area contributed by atoms with E-state index in [1.54, 1.807) is 7.11 Å². The third-order valence-electron chi connectivity index (χ3n) is 2.38. The number of nitrogens with zero attached hydrogens (tertiary/aromatic N) is 1. The number of benzene rings is 1. The number of aryl methyl sites for hydroxylation is 1. The third kappa shape index (κ3) is 1.55. The van der Waals surface area contributed by atoms with Crippen molar-refractivity contribution in [3.63, 3.8) is 0 Å². The Morgan fingerprint density at radius 2 is 2.07 bits per heavy atom. The molecule has 2 nitrogen and oxygen atoms in total. The molecular weight excluding hydrogens is 174 g/mol. The third-order valence-corrected chi connectivity index (χ3v) is 2.38. The van der Waals surface area contributed by atoms with Crippen molar-refractivity contribution in [2.45, 2.75) is 13.3 Å². The second-order valence-electron chi connectivity index (χ2n) is 3.26. The van der Waals surface area contributed by atoms with Crippen LogP contribution < -0.4 is 4.74 Å². The lowest BCUT2D eigenvalue weighted by Crippen LogP contribution is -1.87. The number of pyridine rings is 1. The first-order chi connectivity index (χ1) is 6.83. The number of fused-ring (bicyclic) bond motifs is 1. The van der Waals surface area contributed by atoms with Gasteiger partial charge in [-0.15, -0.1) is 0 Å². The molecular formula is C12H13NO. The summed E-state index contributed by atoms with van der Waals surface area (Å²) in [5, 5.41) is 2.35. The maximum atomic E-state index is 5.07. The molecule has 0 radical (unpaired) electrons. The fourth-order valence-electron chi connectivity index (χ4n) is 1.50. The van der Waals surface area contributed by atoms with Gasteiger partial charge < -0.3 is 4.74 Å². The van der Waals surface area contributed by atoms with E-state index in [9.17, 15) is 0 Å². The minimum absolute atomic E-state index is 0.668. The van der Waals surface area contributed by atoms with Crippen LogP contribution in [0.2, 0.25) is 0 Å². The van der Waals surface area contributed by atoms with Crippen LogP contribution in [0.3, 0.4) is 0 Å². The van der Waals surface area contributed by atoms with Crippen LogP contribution in [0.15, 0.2) is 30.5 Å². The maximum Gasteiger partial charge on any atom is 0.213 e. The molecule has 1 aromatic carbocycles. The molecule has 0 aliphatic carbocycles. The van der Waals surface area contributed by atoms with E-state index in [1.165, 1.54) is 16.3 Å². The van der Waals surface area contributed by atoms with Gasteiger partial charge in [0.2, 0.25) is 5.88 Å². The summed E-state index contributed by atoms with van der Waals surface area (Å²) in [7, 11) is 1.63. The zero-order chi connectivity index (χ0) is 9.97. The summed E-state index contributed by atoms with van der Waals surface area (Å²) in [6.45, 7) is 2.15. The van der Waals surface area contributed by atoms with E-state index in [4.69, 9.17) is 4.74 Å². The second kappa shape index (κ2) is 3.66. The lowest BCUT2D eigenvalue weighted by Gasteiger charge is -2.03. The van der Waals surface area contributed by atoms with Gasteiger partial charge in [0.15, 0.2) is 0 Å². The number of aromatic nitrogens is 1. The van der Waals surface area contributed by atoms with Crippen LogP contribution in [-0.4, -0.2) is 12.1 Å². The van der Waals surface area contributed by atoms with Crippen molar-refractivity contribution in [2.75, 3.05) is 7.11 Å². The van der Waals surface area contributed by atoms with Crippen molar-refractivity contribution >= 4 is 10.8 Å². The van der Waals surface area contributed by atoms with Crippen molar-refractivity contribution in [3.8, 4) is 5.88 Å². The number of methoxy groups -OCH3 is 1. The first-order valence-electron chi connectivity index (χ1n) is 4.76. The Morgan fingerprint density at radius 3 is 2.79 bits per heavy atom. The summed E-state index contributed by atoms with van der Waals surface area (Å²) in [4.78, 5) is 4.18. The highest BCUT2D eigenvalue weighted by atomic mass is 16.5. The number of hydrogen-bond acceptors (Lipinski definition) is 2. The summed E-state index contributed by atoms with van der Waals surface area (Å²) in [5.41, 5.74) is 1.34. The minimum atomic E-state index is 0.668. The highest BCUT2D eigenvalue weighted by Crippen LogP contribution is 2.19. The summed E-state index contributed by atoms with van der Waals surface area (Å²) >= 11 is 0. The highest BCUT2D eigenvalue weighted by Gasteiger charge is 1.98. The molecule has 0 bridgehead atoms. The molecule has 0 N–H and O–H groups in total. The predicted octanol–water partition coefficient (Wildman–Crippen LogP) is 2.81. The monoisotopic (exact) mass is 187 g/mol. The van der Waals surface area contributed by atoms with Crippen molar-refractivity contribution in [3.05, 3.63) is 36.0 Å². The van der Waals surface area contributed by atoms with Gasteiger partial charge in [0.05, 0.1) is 7.11 Å². The normalized spacial score (nSPS) is 10.4. The van der Waals surface area contributed by atoms with Crippen LogP contribution >= 0.6 is 0 Å². The molecule has 0 spiro atoms. The average Bonchev–Trinajstić information content (AvgIpc) is 2.27. The number of rotatable bonds is 2. The van der Waals surface area contributed by atoms with E-state index >= 15 is 0 Å². The van der Waals surface area contributed by atoms with Crippen LogP contribution in [-0.2, 0) is 6.42 Å². The van der Waals surface area contributed by atoms with Gasteiger partial charge in [0, 0.05) is 17.6 Å². The number of hydrogen-bond donors (Lipinski definition) is 0. The smallest absolute Gasteiger partial charge is 0.213 e. The van der Waals surface area contributed by atoms with Crippen LogP contribution in [0.4, 0.5) is 0 Å². The Labute approximate surface area is 83.5 Å². The molecule has 0 aliphatic rings. The molecule has 72 valence electrons. The van der Waals surface area contributed by atoms with Gasteiger partial charge in [0.1, 0.15) is 0 Å². The van der Waals surface area contributed by atoms with E-state index in [1.807, 2.05) is 12.3 Å². The Kier molecular flexibility index (Phi) is 2.35. The molecule has 1 heterocycles. The first-order valence-corrected chi connectivity index (χ1v) is 4.76. The van der Waals surface area contributed by atoms with E-state index in [0.29, 0.717) is 5.88 Å². The second-order valence-corrected chi connectivity index (χ2v) is 3.26. The summed E-state index contributed by atoms with van der Waals surface area (Å²) in [6.07, 6.45) is 2.91. The molecule has 0 saturated heterocycles. The molecule has 0 amide bonds.